The SMILES string of the molecule is Cc1nccn1-c1cc(N2CCN(C(=O)c3ccccc3S(=O)(=O)C(F)F)CC2)ncn1. The molecule has 0 aliphatic carbocycles. The number of carbonyl (C=O) groups excluding carboxylic acids is 1. The van der Waals surface area contributed by atoms with E-state index in [-0.39, 0.29) is 18.7 Å². The molecule has 1 aromatic carbocycles. The molecule has 0 saturated carbocycles. The van der Waals surface area contributed by atoms with Gasteiger partial charge in [0.1, 0.15) is 23.8 Å². The highest BCUT2D eigenvalue weighted by molar-refractivity contribution is 7.91. The number of rotatable bonds is 5. The van der Waals surface area contributed by atoms with Gasteiger partial charge in [0.2, 0.25) is 9.84 Å². The van der Waals surface area contributed by atoms with Crippen molar-refractivity contribution in [3.63, 3.8) is 0 Å². The smallest absolute Gasteiger partial charge is 0.341 e. The van der Waals surface area contributed by atoms with Crippen molar-refractivity contribution >= 4 is 21.6 Å². The molecule has 9 nitrogen and oxygen atoms in total. The zero-order valence-corrected chi connectivity index (χ0v) is 17.9. The number of aryl methyl sites for hydroxylation is 1. The Bertz CT molecular complexity index is 1240. The largest absolute Gasteiger partial charge is 0.353 e. The summed E-state index contributed by atoms with van der Waals surface area (Å²) in [5.74, 6) is -2.07. The van der Waals surface area contributed by atoms with E-state index in [4.69, 9.17) is 0 Å². The lowest BCUT2D eigenvalue weighted by atomic mass is 10.2. The molecule has 0 N–H and O–H groups in total. The normalized spacial score (nSPS) is 14.8. The van der Waals surface area contributed by atoms with Gasteiger partial charge in [-0.1, -0.05) is 12.1 Å². The van der Waals surface area contributed by atoms with E-state index >= 15 is 0 Å². The number of sulfone groups is 1. The van der Waals surface area contributed by atoms with E-state index in [1.54, 1.807) is 12.4 Å². The summed E-state index contributed by atoms with van der Waals surface area (Å²) in [5, 5.41) is 0. The second-order valence-corrected chi connectivity index (χ2v) is 9.05. The standard InChI is InChI=1S/C20H20F2N6O3S/c1-14-23-6-7-28(14)18-12-17(24-13-25-18)26-8-10-27(11-9-26)19(29)15-4-2-3-5-16(15)32(30,31)20(21)22/h2-7,12-13,20H,8-11H2,1H3. The summed E-state index contributed by atoms with van der Waals surface area (Å²) in [4.78, 5) is 28.5. The predicted octanol–water partition coefficient (Wildman–Crippen LogP) is 1.93. The maximum Gasteiger partial charge on any atom is 0.341 e. The van der Waals surface area contributed by atoms with Crippen LogP contribution in [0, 0.1) is 6.92 Å². The van der Waals surface area contributed by atoms with Crippen LogP contribution in [0.2, 0.25) is 0 Å². The Labute approximate surface area is 183 Å². The van der Waals surface area contributed by atoms with Crippen LogP contribution in [-0.4, -0.2) is 70.7 Å². The highest BCUT2D eigenvalue weighted by Crippen LogP contribution is 2.24. The molecule has 4 rings (SSSR count). The topological polar surface area (TPSA) is 101 Å². The van der Waals surface area contributed by atoms with Gasteiger partial charge in [0.05, 0.1) is 10.5 Å². The minimum Gasteiger partial charge on any atom is -0.353 e. The summed E-state index contributed by atoms with van der Waals surface area (Å²) in [6.45, 7) is 3.30. The lowest BCUT2D eigenvalue weighted by molar-refractivity contribution is 0.0742. The zero-order valence-electron chi connectivity index (χ0n) is 17.1. The molecule has 168 valence electrons. The number of hydrogen-bond acceptors (Lipinski definition) is 7. The Morgan fingerprint density at radius 1 is 1.03 bits per heavy atom. The number of aromatic nitrogens is 4. The number of hydrogen-bond donors (Lipinski definition) is 0. The van der Waals surface area contributed by atoms with Gasteiger partial charge in [0.25, 0.3) is 5.91 Å². The number of amides is 1. The maximum absolute atomic E-state index is 13.0. The molecule has 32 heavy (non-hydrogen) atoms. The third-order valence-corrected chi connectivity index (χ3v) is 6.70. The van der Waals surface area contributed by atoms with E-state index in [1.165, 1.54) is 29.4 Å². The molecule has 0 atom stereocenters. The molecule has 2 aromatic heterocycles. The zero-order chi connectivity index (χ0) is 22.9. The van der Waals surface area contributed by atoms with Crippen LogP contribution in [0.5, 0.6) is 0 Å². The number of nitrogens with zero attached hydrogens (tertiary/aromatic N) is 6. The van der Waals surface area contributed by atoms with E-state index in [0.29, 0.717) is 24.7 Å². The molecule has 1 aliphatic heterocycles. The van der Waals surface area contributed by atoms with Gasteiger partial charge in [0, 0.05) is 44.6 Å². The van der Waals surface area contributed by atoms with Crippen LogP contribution in [0.4, 0.5) is 14.6 Å². The molecule has 0 bridgehead atoms. The first-order valence-corrected chi connectivity index (χ1v) is 11.3. The van der Waals surface area contributed by atoms with Gasteiger partial charge in [-0.25, -0.2) is 23.4 Å². The van der Waals surface area contributed by atoms with Crippen LogP contribution in [0.15, 0.2) is 53.9 Å². The molecule has 0 radical (unpaired) electrons. The molecule has 1 fully saturated rings. The fourth-order valence-electron chi connectivity index (χ4n) is 3.56. The molecule has 3 aromatic rings. The molecule has 12 heteroatoms. The lowest BCUT2D eigenvalue weighted by Gasteiger charge is -2.35. The van der Waals surface area contributed by atoms with Crippen LogP contribution in [-0.2, 0) is 9.84 Å². The van der Waals surface area contributed by atoms with Crippen molar-refractivity contribution < 1.29 is 22.0 Å². The molecule has 1 amide bonds. The molecular weight excluding hydrogens is 442 g/mol. The van der Waals surface area contributed by atoms with Crippen molar-refractivity contribution in [2.45, 2.75) is 17.6 Å². The summed E-state index contributed by atoms with van der Waals surface area (Å²) in [5.41, 5.74) is -0.249. The van der Waals surface area contributed by atoms with Gasteiger partial charge in [0.15, 0.2) is 0 Å². The molecule has 1 saturated heterocycles. The number of carbonyl (C=O) groups is 1. The monoisotopic (exact) mass is 462 g/mol. The number of imidazole rings is 1. The highest BCUT2D eigenvalue weighted by atomic mass is 32.2. The summed E-state index contributed by atoms with van der Waals surface area (Å²) in [7, 11) is -4.89. The van der Waals surface area contributed by atoms with Crippen molar-refractivity contribution in [2.75, 3.05) is 31.1 Å². The van der Waals surface area contributed by atoms with E-state index in [1.807, 2.05) is 22.5 Å². The Morgan fingerprint density at radius 2 is 1.72 bits per heavy atom. The van der Waals surface area contributed by atoms with Gasteiger partial charge >= 0.3 is 5.76 Å². The third-order valence-electron chi connectivity index (χ3n) is 5.26. The van der Waals surface area contributed by atoms with Crippen molar-refractivity contribution in [2.24, 2.45) is 0 Å². The highest BCUT2D eigenvalue weighted by Gasteiger charge is 2.33. The van der Waals surface area contributed by atoms with Gasteiger partial charge < -0.3 is 9.80 Å². The van der Waals surface area contributed by atoms with Crippen molar-refractivity contribution in [1.29, 1.82) is 0 Å². The van der Waals surface area contributed by atoms with Crippen molar-refractivity contribution in [1.82, 2.24) is 24.4 Å². The summed E-state index contributed by atoms with van der Waals surface area (Å²) >= 11 is 0. The first-order chi connectivity index (χ1) is 15.3. The van der Waals surface area contributed by atoms with Crippen LogP contribution in [0.25, 0.3) is 5.82 Å². The average Bonchev–Trinajstić information content (AvgIpc) is 3.24. The molecule has 1 aliphatic rings. The number of alkyl halides is 2. The van der Waals surface area contributed by atoms with E-state index in [9.17, 15) is 22.0 Å². The van der Waals surface area contributed by atoms with Crippen LogP contribution in [0.1, 0.15) is 16.2 Å². The fourth-order valence-corrected chi connectivity index (χ4v) is 4.48. The molecule has 0 unspecified atom stereocenters. The minimum atomic E-state index is -4.89. The van der Waals surface area contributed by atoms with Crippen LogP contribution >= 0.6 is 0 Å². The number of benzene rings is 1. The number of halogens is 2. The van der Waals surface area contributed by atoms with Gasteiger partial charge in [-0.3, -0.25) is 9.36 Å². The number of anilines is 1. The van der Waals surface area contributed by atoms with Crippen LogP contribution in [0.3, 0.4) is 0 Å². The molecular formula is C20H20F2N6O3S. The van der Waals surface area contributed by atoms with Crippen molar-refractivity contribution in [3.8, 4) is 5.82 Å². The van der Waals surface area contributed by atoms with Gasteiger partial charge in [-0.15, -0.1) is 0 Å². The minimum absolute atomic E-state index is 0.249. The summed E-state index contributed by atoms with van der Waals surface area (Å²) in [6.07, 6.45) is 4.92. The Kier molecular flexibility index (Phi) is 5.87. The predicted molar refractivity (Wildman–Crippen MR) is 112 cm³/mol. The third kappa shape index (κ3) is 4.05. The second kappa shape index (κ2) is 8.61. The average molecular weight is 462 g/mol. The van der Waals surface area contributed by atoms with Crippen LogP contribution < -0.4 is 4.90 Å². The Morgan fingerprint density at radius 3 is 2.38 bits per heavy atom. The van der Waals surface area contributed by atoms with E-state index in [2.05, 4.69) is 15.0 Å². The summed E-state index contributed by atoms with van der Waals surface area (Å²) in [6, 6.07) is 6.88. The maximum atomic E-state index is 13.0. The summed E-state index contributed by atoms with van der Waals surface area (Å²) < 4.78 is 51.9. The first kappa shape index (κ1) is 21.8. The molecule has 3 heterocycles. The van der Waals surface area contributed by atoms with E-state index in [0.717, 1.165) is 11.9 Å². The van der Waals surface area contributed by atoms with Gasteiger partial charge in [-0.2, -0.15) is 8.78 Å². The number of piperazine rings is 1. The fraction of sp³-hybridized carbons (Fsp3) is 0.300. The molecule has 0 spiro atoms. The van der Waals surface area contributed by atoms with Gasteiger partial charge in [-0.05, 0) is 19.1 Å². The Hall–Kier alpha value is -3.41. The lowest BCUT2D eigenvalue weighted by Crippen LogP contribution is -2.49. The first-order valence-electron chi connectivity index (χ1n) is 9.76. The van der Waals surface area contributed by atoms with E-state index < -0.39 is 26.4 Å². The quantitative estimate of drug-likeness (QED) is 0.571. The Balaban J connectivity index is 1.50. The second-order valence-electron chi connectivity index (χ2n) is 7.16. The van der Waals surface area contributed by atoms with Crippen molar-refractivity contribution in [3.05, 3.63) is 60.4 Å².